The van der Waals surface area contributed by atoms with Gasteiger partial charge >= 0.3 is 0 Å². The van der Waals surface area contributed by atoms with Crippen LogP contribution in [0.5, 0.6) is 5.75 Å². The average molecular weight is 271 g/mol. The first kappa shape index (κ1) is 13.0. The molecule has 0 saturated heterocycles. The lowest BCUT2D eigenvalue weighted by atomic mass is 10.0. The van der Waals surface area contributed by atoms with E-state index in [-0.39, 0.29) is 11.9 Å². The van der Waals surface area contributed by atoms with Crippen molar-refractivity contribution >= 4 is 5.69 Å². The number of ether oxygens (including phenoxy) is 1. The fourth-order valence-electron chi connectivity index (χ4n) is 2.63. The zero-order valence-electron chi connectivity index (χ0n) is 11.5. The maximum absolute atomic E-state index is 13.9. The fraction of sp³-hybridized carbons (Fsp3) is 0.294. The number of rotatable bonds is 4. The number of halogens is 1. The quantitative estimate of drug-likeness (QED) is 0.894. The summed E-state index contributed by atoms with van der Waals surface area (Å²) in [5, 5.41) is 3.42. The number of hydrogen-bond acceptors (Lipinski definition) is 2. The molecule has 0 radical (unpaired) electrons. The first-order chi connectivity index (χ1) is 9.78. The number of hydrogen-bond donors (Lipinski definition) is 1. The lowest BCUT2D eigenvalue weighted by molar-refractivity contribution is 0.357. The van der Waals surface area contributed by atoms with Crippen LogP contribution in [0.3, 0.4) is 0 Å². The molecule has 0 bridgehead atoms. The standard InChI is InChI=1S/C17H18FNO/c1-2-16(14-5-3-4-6-15(14)18)19-13-7-8-17-12(11-13)9-10-20-17/h3-8,11,16,19H,2,9-10H2,1H3. The summed E-state index contributed by atoms with van der Waals surface area (Å²) in [5.41, 5.74) is 2.95. The van der Waals surface area contributed by atoms with Crippen LogP contribution in [0.2, 0.25) is 0 Å². The molecule has 1 aliphatic rings. The van der Waals surface area contributed by atoms with Crippen molar-refractivity contribution in [1.29, 1.82) is 0 Å². The van der Waals surface area contributed by atoms with Crippen molar-refractivity contribution in [2.45, 2.75) is 25.8 Å². The van der Waals surface area contributed by atoms with Gasteiger partial charge in [-0.2, -0.15) is 0 Å². The van der Waals surface area contributed by atoms with Crippen molar-refractivity contribution in [1.82, 2.24) is 0 Å². The van der Waals surface area contributed by atoms with Gasteiger partial charge in [0.25, 0.3) is 0 Å². The second kappa shape index (κ2) is 5.53. The van der Waals surface area contributed by atoms with Gasteiger partial charge in [0.15, 0.2) is 0 Å². The Balaban J connectivity index is 1.83. The molecule has 3 rings (SSSR count). The smallest absolute Gasteiger partial charge is 0.128 e. The van der Waals surface area contributed by atoms with Crippen molar-refractivity contribution in [3.05, 3.63) is 59.4 Å². The molecule has 1 heterocycles. The molecule has 0 aromatic heterocycles. The minimum absolute atomic E-state index is 0.0171. The first-order valence-corrected chi connectivity index (χ1v) is 7.04. The van der Waals surface area contributed by atoms with Gasteiger partial charge in [0, 0.05) is 17.7 Å². The van der Waals surface area contributed by atoms with Gasteiger partial charge in [-0.3, -0.25) is 0 Å². The van der Waals surface area contributed by atoms with Crippen LogP contribution in [-0.2, 0) is 6.42 Å². The van der Waals surface area contributed by atoms with Crippen molar-refractivity contribution < 1.29 is 9.13 Å². The number of nitrogens with one attached hydrogen (secondary N) is 1. The van der Waals surface area contributed by atoms with Crippen molar-refractivity contribution in [2.24, 2.45) is 0 Å². The molecule has 0 aliphatic carbocycles. The average Bonchev–Trinajstić information content (AvgIpc) is 2.93. The van der Waals surface area contributed by atoms with Crippen LogP contribution >= 0.6 is 0 Å². The molecular weight excluding hydrogens is 253 g/mol. The Hall–Kier alpha value is -2.03. The molecule has 2 nitrogen and oxygen atoms in total. The topological polar surface area (TPSA) is 21.3 Å². The Kier molecular flexibility index (Phi) is 3.59. The lowest BCUT2D eigenvalue weighted by Crippen LogP contribution is -2.11. The minimum atomic E-state index is -0.156. The van der Waals surface area contributed by atoms with Gasteiger partial charge in [-0.1, -0.05) is 25.1 Å². The molecule has 1 aliphatic heterocycles. The highest BCUT2D eigenvalue weighted by atomic mass is 19.1. The van der Waals surface area contributed by atoms with Crippen molar-refractivity contribution in [3.8, 4) is 5.75 Å². The van der Waals surface area contributed by atoms with Crippen LogP contribution in [0.1, 0.15) is 30.5 Å². The number of anilines is 1. The molecule has 3 heteroatoms. The van der Waals surface area contributed by atoms with Crippen LogP contribution in [0.15, 0.2) is 42.5 Å². The summed E-state index contributed by atoms with van der Waals surface area (Å²) < 4.78 is 19.4. The predicted molar refractivity (Wildman–Crippen MR) is 78.7 cm³/mol. The summed E-state index contributed by atoms with van der Waals surface area (Å²) in [6, 6.07) is 13.0. The molecule has 0 spiro atoms. The molecule has 1 N–H and O–H groups in total. The van der Waals surface area contributed by atoms with Crippen LogP contribution in [0.4, 0.5) is 10.1 Å². The van der Waals surface area contributed by atoms with Gasteiger partial charge in [-0.25, -0.2) is 4.39 Å². The monoisotopic (exact) mass is 271 g/mol. The largest absolute Gasteiger partial charge is 0.493 e. The highest BCUT2D eigenvalue weighted by Crippen LogP contribution is 2.30. The summed E-state index contributed by atoms with van der Waals surface area (Å²) in [6.45, 7) is 2.81. The Morgan fingerprint density at radius 2 is 2.10 bits per heavy atom. The molecule has 1 atom stereocenters. The van der Waals surface area contributed by atoms with E-state index in [9.17, 15) is 4.39 Å². The van der Waals surface area contributed by atoms with E-state index in [2.05, 4.69) is 18.3 Å². The molecule has 1 unspecified atom stereocenters. The van der Waals surface area contributed by atoms with Crippen LogP contribution in [0, 0.1) is 5.82 Å². The minimum Gasteiger partial charge on any atom is -0.493 e. The maximum atomic E-state index is 13.9. The molecule has 2 aromatic carbocycles. The SMILES string of the molecule is CCC(Nc1ccc2c(c1)CCO2)c1ccccc1F. The molecule has 104 valence electrons. The normalized spacial score (nSPS) is 14.5. The Morgan fingerprint density at radius 3 is 2.90 bits per heavy atom. The van der Waals surface area contributed by atoms with Gasteiger partial charge in [-0.05, 0) is 36.2 Å². The second-order valence-electron chi connectivity index (χ2n) is 5.05. The molecule has 0 saturated carbocycles. The summed E-state index contributed by atoms with van der Waals surface area (Å²) in [6.07, 6.45) is 1.77. The van der Waals surface area contributed by atoms with Crippen molar-refractivity contribution in [3.63, 3.8) is 0 Å². The number of fused-ring (bicyclic) bond motifs is 1. The van der Waals surface area contributed by atoms with Gasteiger partial charge in [0.05, 0.1) is 12.6 Å². The second-order valence-corrected chi connectivity index (χ2v) is 5.05. The maximum Gasteiger partial charge on any atom is 0.128 e. The van der Waals surface area contributed by atoms with Crippen LogP contribution in [0.25, 0.3) is 0 Å². The molecule has 2 aromatic rings. The van der Waals surface area contributed by atoms with Gasteiger partial charge < -0.3 is 10.1 Å². The first-order valence-electron chi connectivity index (χ1n) is 7.04. The summed E-state index contributed by atoms with van der Waals surface area (Å²) in [7, 11) is 0. The Morgan fingerprint density at radius 1 is 1.25 bits per heavy atom. The van der Waals surface area contributed by atoms with Crippen molar-refractivity contribution in [2.75, 3.05) is 11.9 Å². The van der Waals surface area contributed by atoms with E-state index >= 15 is 0 Å². The third-order valence-corrected chi connectivity index (χ3v) is 3.72. The predicted octanol–water partition coefficient (Wildman–Crippen LogP) is 4.32. The van der Waals surface area contributed by atoms with Crippen LogP contribution in [-0.4, -0.2) is 6.61 Å². The fourth-order valence-corrected chi connectivity index (χ4v) is 2.63. The van der Waals surface area contributed by atoms with Gasteiger partial charge in [0.1, 0.15) is 11.6 Å². The lowest BCUT2D eigenvalue weighted by Gasteiger charge is -2.19. The summed E-state index contributed by atoms with van der Waals surface area (Å²) in [5.74, 6) is 0.811. The Labute approximate surface area is 118 Å². The highest BCUT2D eigenvalue weighted by molar-refractivity contribution is 5.53. The van der Waals surface area contributed by atoms with Crippen LogP contribution < -0.4 is 10.1 Å². The summed E-state index contributed by atoms with van der Waals surface area (Å²) in [4.78, 5) is 0. The Bertz CT molecular complexity index is 612. The zero-order chi connectivity index (χ0) is 13.9. The molecule has 0 fully saturated rings. The third kappa shape index (κ3) is 2.48. The summed E-state index contributed by atoms with van der Waals surface area (Å²) >= 11 is 0. The van der Waals surface area contributed by atoms with E-state index in [1.165, 1.54) is 11.6 Å². The number of benzene rings is 2. The third-order valence-electron chi connectivity index (χ3n) is 3.72. The molecular formula is C17H18FNO. The zero-order valence-corrected chi connectivity index (χ0v) is 11.5. The highest BCUT2D eigenvalue weighted by Gasteiger charge is 2.16. The van der Waals surface area contributed by atoms with Gasteiger partial charge in [-0.15, -0.1) is 0 Å². The van der Waals surface area contributed by atoms with E-state index < -0.39 is 0 Å². The molecule has 20 heavy (non-hydrogen) atoms. The molecule has 0 amide bonds. The van der Waals surface area contributed by atoms with Gasteiger partial charge in [0.2, 0.25) is 0 Å². The van der Waals surface area contributed by atoms with E-state index in [0.717, 1.165) is 30.9 Å². The van der Waals surface area contributed by atoms with E-state index in [1.807, 2.05) is 24.3 Å². The van der Waals surface area contributed by atoms with E-state index in [4.69, 9.17) is 4.74 Å². The van der Waals surface area contributed by atoms with E-state index in [1.54, 1.807) is 6.07 Å². The van der Waals surface area contributed by atoms with E-state index in [0.29, 0.717) is 5.56 Å².